The zero-order valence-electron chi connectivity index (χ0n) is 13.1. The highest BCUT2D eigenvalue weighted by molar-refractivity contribution is 7.89. The molecule has 0 saturated heterocycles. The molecule has 2 rings (SSSR count). The summed E-state index contributed by atoms with van der Waals surface area (Å²) in [5, 5.41) is 2.48. The van der Waals surface area contributed by atoms with Gasteiger partial charge in [-0.3, -0.25) is 4.79 Å². The number of nitrogens with one attached hydrogen (secondary N) is 2. The van der Waals surface area contributed by atoms with Crippen molar-refractivity contribution >= 4 is 15.9 Å². The van der Waals surface area contributed by atoms with Gasteiger partial charge in [0, 0.05) is 18.7 Å². The van der Waals surface area contributed by atoms with Gasteiger partial charge in [0.15, 0.2) is 0 Å². The SMILES string of the molecule is CNC(=O)c1ccccc1C#CCNS(=O)(=O)c1ccc(F)cc1F. The fourth-order valence-corrected chi connectivity index (χ4v) is 2.95. The lowest BCUT2D eigenvalue weighted by Gasteiger charge is -2.05. The molecule has 0 spiro atoms. The minimum Gasteiger partial charge on any atom is -0.355 e. The standard InChI is InChI=1S/C17H14F2N2O3S/c1-20-17(22)14-7-3-2-5-12(14)6-4-10-21-25(23,24)16-9-8-13(18)11-15(16)19/h2-3,5,7-9,11,21H,10H2,1H3,(H,20,22). The molecule has 1 amide bonds. The van der Waals surface area contributed by atoms with E-state index < -0.39 is 26.6 Å². The Balaban J connectivity index is 2.14. The molecule has 0 saturated carbocycles. The molecule has 0 unspecified atom stereocenters. The van der Waals surface area contributed by atoms with Gasteiger partial charge in [0.2, 0.25) is 10.0 Å². The summed E-state index contributed by atoms with van der Waals surface area (Å²) in [5.74, 6) is 2.86. The molecule has 0 radical (unpaired) electrons. The van der Waals surface area contributed by atoms with Crippen LogP contribution in [0.5, 0.6) is 0 Å². The van der Waals surface area contributed by atoms with Crippen molar-refractivity contribution in [3.8, 4) is 11.8 Å². The summed E-state index contributed by atoms with van der Waals surface area (Å²) >= 11 is 0. The highest BCUT2D eigenvalue weighted by Gasteiger charge is 2.18. The summed E-state index contributed by atoms with van der Waals surface area (Å²) in [7, 11) is -2.68. The van der Waals surface area contributed by atoms with Gasteiger partial charge in [-0.1, -0.05) is 24.0 Å². The molecule has 130 valence electrons. The molecule has 0 fully saturated rings. The highest BCUT2D eigenvalue weighted by atomic mass is 32.2. The number of carbonyl (C=O) groups excluding carboxylic acids is 1. The van der Waals surface area contributed by atoms with Crippen LogP contribution in [0, 0.1) is 23.5 Å². The molecule has 2 N–H and O–H groups in total. The van der Waals surface area contributed by atoms with Crippen molar-refractivity contribution < 1.29 is 22.0 Å². The molecule has 5 nitrogen and oxygen atoms in total. The van der Waals surface area contributed by atoms with E-state index in [0.29, 0.717) is 17.2 Å². The normalized spacial score (nSPS) is 10.7. The van der Waals surface area contributed by atoms with Crippen LogP contribution < -0.4 is 10.0 Å². The third kappa shape index (κ3) is 4.62. The van der Waals surface area contributed by atoms with Crippen molar-refractivity contribution in [1.29, 1.82) is 0 Å². The minimum atomic E-state index is -4.17. The summed E-state index contributed by atoms with van der Waals surface area (Å²) in [5.41, 5.74) is 0.777. The number of amides is 1. The van der Waals surface area contributed by atoms with Crippen molar-refractivity contribution in [2.75, 3.05) is 13.6 Å². The second-order valence-corrected chi connectivity index (χ2v) is 6.56. The van der Waals surface area contributed by atoms with Crippen LogP contribution in [0.3, 0.4) is 0 Å². The number of benzene rings is 2. The average molecular weight is 364 g/mol. The van der Waals surface area contributed by atoms with E-state index in [1.807, 2.05) is 0 Å². The van der Waals surface area contributed by atoms with Crippen LogP contribution in [0.4, 0.5) is 8.78 Å². The van der Waals surface area contributed by atoms with Crippen LogP contribution in [0.1, 0.15) is 15.9 Å². The van der Waals surface area contributed by atoms with Crippen LogP contribution >= 0.6 is 0 Å². The zero-order chi connectivity index (χ0) is 18.4. The molecule has 2 aromatic carbocycles. The van der Waals surface area contributed by atoms with Gasteiger partial charge in [-0.2, -0.15) is 4.72 Å². The summed E-state index contributed by atoms with van der Waals surface area (Å²) in [6, 6.07) is 8.74. The smallest absolute Gasteiger partial charge is 0.252 e. The average Bonchev–Trinajstić information content (AvgIpc) is 2.58. The van der Waals surface area contributed by atoms with Crippen molar-refractivity contribution in [2.45, 2.75) is 4.90 Å². The highest BCUT2D eigenvalue weighted by Crippen LogP contribution is 2.15. The Bertz CT molecular complexity index is 963. The fourth-order valence-electron chi connectivity index (χ4n) is 1.97. The van der Waals surface area contributed by atoms with Gasteiger partial charge >= 0.3 is 0 Å². The Morgan fingerprint density at radius 1 is 1.16 bits per heavy atom. The Labute approximate surface area is 144 Å². The molecule has 8 heteroatoms. The number of carbonyl (C=O) groups is 1. The number of sulfonamides is 1. The van der Waals surface area contributed by atoms with Gasteiger partial charge in [0.25, 0.3) is 5.91 Å². The van der Waals surface area contributed by atoms with Crippen LogP contribution in [-0.4, -0.2) is 27.9 Å². The summed E-state index contributed by atoms with van der Waals surface area (Å²) in [4.78, 5) is 11.0. The Morgan fingerprint density at radius 3 is 2.56 bits per heavy atom. The van der Waals surface area contributed by atoms with E-state index in [9.17, 15) is 22.0 Å². The van der Waals surface area contributed by atoms with Gasteiger partial charge in [0.05, 0.1) is 12.1 Å². The molecule has 0 heterocycles. The van der Waals surface area contributed by atoms with Crippen LogP contribution in [0.25, 0.3) is 0 Å². The Morgan fingerprint density at radius 2 is 1.88 bits per heavy atom. The van der Waals surface area contributed by atoms with Crippen molar-refractivity contribution in [3.05, 3.63) is 65.2 Å². The predicted octanol–water partition coefficient (Wildman–Crippen LogP) is 1.65. The first kappa shape index (κ1) is 18.6. The molecule has 0 aliphatic rings. The molecule has 0 bridgehead atoms. The van der Waals surface area contributed by atoms with E-state index in [2.05, 4.69) is 21.9 Å². The van der Waals surface area contributed by atoms with Crippen LogP contribution in [0.15, 0.2) is 47.4 Å². The lowest BCUT2D eigenvalue weighted by Crippen LogP contribution is -2.25. The Hall–Kier alpha value is -2.76. The number of hydrogen-bond acceptors (Lipinski definition) is 3. The molecule has 2 aromatic rings. The predicted molar refractivity (Wildman–Crippen MR) is 88.3 cm³/mol. The van der Waals surface area contributed by atoms with E-state index in [1.54, 1.807) is 24.3 Å². The lowest BCUT2D eigenvalue weighted by atomic mass is 10.1. The van der Waals surface area contributed by atoms with Crippen molar-refractivity contribution in [2.24, 2.45) is 0 Å². The molecule has 25 heavy (non-hydrogen) atoms. The maximum Gasteiger partial charge on any atom is 0.252 e. The van der Waals surface area contributed by atoms with Crippen molar-refractivity contribution in [1.82, 2.24) is 10.0 Å². The van der Waals surface area contributed by atoms with E-state index >= 15 is 0 Å². The molecule has 0 aliphatic heterocycles. The second-order valence-electron chi connectivity index (χ2n) is 4.83. The van der Waals surface area contributed by atoms with Gasteiger partial charge in [0.1, 0.15) is 16.5 Å². The third-order valence-corrected chi connectivity index (χ3v) is 4.59. The third-order valence-electron chi connectivity index (χ3n) is 3.16. The first-order valence-corrected chi connectivity index (χ1v) is 8.58. The lowest BCUT2D eigenvalue weighted by molar-refractivity contribution is 0.0963. The molecular formula is C17H14F2N2O3S. The van der Waals surface area contributed by atoms with Gasteiger partial charge in [-0.15, -0.1) is 0 Å². The van der Waals surface area contributed by atoms with E-state index in [0.717, 1.165) is 12.1 Å². The zero-order valence-corrected chi connectivity index (χ0v) is 14.0. The van der Waals surface area contributed by atoms with Crippen LogP contribution in [-0.2, 0) is 10.0 Å². The number of halogens is 2. The minimum absolute atomic E-state index is 0.304. The first-order valence-electron chi connectivity index (χ1n) is 7.10. The summed E-state index contributed by atoms with van der Waals surface area (Å²) in [6.45, 7) is -0.304. The molecule has 0 aliphatic carbocycles. The first-order chi connectivity index (χ1) is 11.8. The van der Waals surface area contributed by atoms with Crippen LogP contribution in [0.2, 0.25) is 0 Å². The van der Waals surface area contributed by atoms with Crippen molar-refractivity contribution in [3.63, 3.8) is 0 Å². The maximum absolute atomic E-state index is 13.6. The largest absolute Gasteiger partial charge is 0.355 e. The molecule has 0 atom stereocenters. The van der Waals surface area contributed by atoms with Gasteiger partial charge in [-0.25, -0.2) is 17.2 Å². The topological polar surface area (TPSA) is 75.3 Å². The molecular weight excluding hydrogens is 350 g/mol. The van der Waals surface area contributed by atoms with E-state index in [4.69, 9.17) is 0 Å². The summed E-state index contributed by atoms with van der Waals surface area (Å²) < 4.78 is 52.5. The van der Waals surface area contributed by atoms with E-state index in [1.165, 1.54) is 7.05 Å². The van der Waals surface area contributed by atoms with Gasteiger partial charge in [-0.05, 0) is 24.3 Å². The number of rotatable bonds is 4. The fraction of sp³-hybridized carbons (Fsp3) is 0.118. The van der Waals surface area contributed by atoms with E-state index in [-0.39, 0.29) is 12.5 Å². The Kier molecular flexibility index (Phi) is 5.85. The monoisotopic (exact) mass is 364 g/mol. The molecule has 0 aromatic heterocycles. The van der Waals surface area contributed by atoms with Gasteiger partial charge < -0.3 is 5.32 Å². The second kappa shape index (κ2) is 7.88. The summed E-state index contributed by atoms with van der Waals surface area (Å²) in [6.07, 6.45) is 0. The maximum atomic E-state index is 13.6. The number of hydrogen-bond donors (Lipinski definition) is 2. The quantitative estimate of drug-likeness (QED) is 0.810.